The molecule has 0 aliphatic heterocycles. The number of carbonyl (C=O) groups excluding carboxylic acids is 1. The fraction of sp³-hybridized carbons (Fsp3) is 0.300. The van der Waals surface area contributed by atoms with Gasteiger partial charge in [0.15, 0.2) is 4.34 Å². The van der Waals surface area contributed by atoms with Crippen LogP contribution in [-0.4, -0.2) is 16.1 Å². The van der Waals surface area contributed by atoms with Crippen LogP contribution in [0.1, 0.15) is 36.9 Å². The molecule has 0 unspecified atom stereocenters. The van der Waals surface area contributed by atoms with Crippen molar-refractivity contribution >= 4 is 39.2 Å². The van der Waals surface area contributed by atoms with E-state index in [-0.39, 0.29) is 17.2 Å². The van der Waals surface area contributed by atoms with Gasteiger partial charge in [-0.3, -0.25) is 4.79 Å². The molecule has 5 heteroatoms. The van der Waals surface area contributed by atoms with Crippen LogP contribution in [0.3, 0.4) is 0 Å². The van der Waals surface area contributed by atoms with Gasteiger partial charge in [-0.25, -0.2) is 4.98 Å². The van der Waals surface area contributed by atoms with Crippen LogP contribution in [0.4, 0.5) is 0 Å². The number of amides is 1. The van der Waals surface area contributed by atoms with Crippen molar-refractivity contribution in [2.45, 2.75) is 41.8 Å². The van der Waals surface area contributed by atoms with Gasteiger partial charge >= 0.3 is 0 Å². The van der Waals surface area contributed by atoms with Crippen molar-refractivity contribution in [2.75, 3.05) is 0 Å². The Labute approximate surface area is 155 Å². The van der Waals surface area contributed by atoms with Crippen molar-refractivity contribution < 1.29 is 4.79 Å². The molecule has 2 aromatic carbocycles. The highest BCUT2D eigenvalue weighted by atomic mass is 32.2. The Morgan fingerprint density at radius 1 is 1.24 bits per heavy atom. The highest BCUT2D eigenvalue weighted by Gasteiger charge is 2.24. The largest absolute Gasteiger partial charge is 0.348 e. The maximum atomic E-state index is 12.7. The van der Waals surface area contributed by atoms with Gasteiger partial charge in [-0.2, -0.15) is 0 Å². The Kier molecular flexibility index (Phi) is 4.77. The Hall–Kier alpha value is -1.85. The molecule has 1 aliphatic rings. The quantitative estimate of drug-likeness (QED) is 0.661. The zero-order valence-electron chi connectivity index (χ0n) is 14.1. The first-order chi connectivity index (χ1) is 12.2. The molecule has 4 rings (SSSR count). The van der Waals surface area contributed by atoms with E-state index in [0.717, 1.165) is 29.1 Å². The van der Waals surface area contributed by atoms with Gasteiger partial charge in [-0.05, 0) is 49.4 Å². The van der Waals surface area contributed by atoms with Crippen LogP contribution in [-0.2, 0) is 11.2 Å². The number of carbonyl (C=O) groups is 1. The maximum absolute atomic E-state index is 12.7. The minimum atomic E-state index is -0.158. The van der Waals surface area contributed by atoms with Gasteiger partial charge in [0.05, 0.1) is 21.5 Å². The van der Waals surface area contributed by atoms with Crippen LogP contribution < -0.4 is 5.32 Å². The maximum Gasteiger partial charge on any atom is 0.233 e. The number of para-hydroxylation sites is 1. The third kappa shape index (κ3) is 3.58. The molecule has 0 fully saturated rings. The number of nitrogens with zero attached hydrogens (tertiary/aromatic N) is 1. The summed E-state index contributed by atoms with van der Waals surface area (Å²) in [4.78, 5) is 17.3. The van der Waals surface area contributed by atoms with Crippen molar-refractivity contribution in [1.82, 2.24) is 10.3 Å². The first-order valence-electron chi connectivity index (χ1n) is 8.61. The molecule has 0 radical (unpaired) electrons. The molecule has 1 aromatic heterocycles. The number of aryl methyl sites for hydroxylation is 1. The molecular weight excluding hydrogens is 348 g/mol. The number of fused-ring (bicyclic) bond motifs is 2. The average Bonchev–Trinajstić information content (AvgIpc) is 3.04. The average molecular weight is 369 g/mol. The molecule has 1 amide bonds. The lowest BCUT2D eigenvalue weighted by Gasteiger charge is -2.27. The molecule has 0 saturated heterocycles. The first-order valence-corrected chi connectivity index (χ1v) is 10.3. The molecule has 0 saturated carbocycles. The number of rotatable bonds is 4. The van der Waals surface area contributed by atoms with Crippen molar-refractivity contribution in [3.63, 3.8) is 0 Å². The Morgan fingerprint density at radius 3 is 2.92 bits per heavy atom. The van der Waals surface area contributed by atoms with Crippen LogP contribution in [0, 0.1) is 0 Å². The van der Waals surface area contributed by atoms with E-state index in [0.29, 0.717) is 0 Å². The van der Waals surface area contributed by atoms with Crippen molar-refractivity contribution in [2.24, 2.45) is 0 Å². The van der Waals surface area contributed by atoms with Crippen molar-refractivity contribution in [1.29, 1.82) is 0 Å². The van der Waals surface area contributed by atoms with Gasteiger partial charge in [0.1, 0.15) is 0 Å². The second-order valence-corrected chi connectivity index (χ2v) is 8.98. The third-order valence-electron chi connectivity index (χ3n) is 4.61. The number of aromatic nitrogens is 1. The van der Waals surface area contributed by atoms with Crippen LogP contribution in [0.2, 0.25) is 0 Å². The molecule has 1 aliphatic carbocycles. The monoisotopic (exact) mass is 368 g/mol. The Balaban J connectivity index is 1.44. The predicted octanol–water partition coefficient (Wildman–Crippen LogP) is 4.97. The topological polar surface area (TPSA) is 42.0 Å². The molecule has 25 heavy (non-hydrogen) atoms. The fourth-order valence-electron chi connectivity index (χ4n) is 3.30. The summed E-state index contributed by atoms with van der Waals surface area (Å²) in [5.74, 6) is 0.0889. The molecule has 2 atom stereocenters. The molecule has 1 N–H and O–H groups in total. The predicted molar refractivity (Wildman–Crippen MR) is 105 cm³/mol. The van der Waals surface area contributed by atoms with Gasteiger partial charge in [0.2, 0.25) is 5.91 Å². The molecular formula is C20H20N2OS2. The van der Waals surface area contributed by atoms with Gasteiger partial charge in [-0.15, -0.1) is 11.3 Å². The van der Waals surface area contributed by atoms with Gasteiger partial charge in [0.25, 0.3) is 0 Å². The second-order valence-electron chi connectivity index (χ2n) is 6.36. The van der Waals surface area contributed by atoms with Gasteiger partial charge in [-0.1, -0.05) is 48.2 Å². The second kappa shape index (κ2) is 7.18. The molecule has 128 valence electrons. The number of benzene rings is 2. The number of hydrogen-bond donors (Lipinski definition) is 1. The van der Waals surface area contributed by atoms with E-state index in [2.05, 4.69) is 40.6 Å². The zero-order chi connectivity index (χ0) is 17.2. The minimum absolute atomic E-state index is 0.0889. The van der Waals surface area contributed by atoms with E-state index >= 15 is 0 Å². The van der Waals surface area contributed by atoms with E-state index in [1.54, 1.807) is 23.1 Å². The van der Waals surface area contributed by atoms with Crippen LogP contribution >= 0.6 is 23.1 Å². The first kappa shape index (κ1) is 16.6. The Morgan fingerprint density at radius 2 is 2.04 bits per heavy atom. The van der Waals surface area contributed by atoms with Crippen LogP contribution in [0.25, 0.3) is 10.2 Å². The summed E-state index contributed by atoms with van der Waals surface area (Å²) in [6, 6.07) is 16.7. The SMILES string of the molecule is C[C@@H](Sc1nc2ccccc2s1)C(=O)N[C@@H]1CCCc2ccccc21. The Bertz CT molecular complexity index is 872. The lowest BCUT2D eigenvalue weighted by atomic mass is 9.88. The molecule has 0 spiro atoms. The highest BCUT2D eigenvalue weighted by molar-refractivity contribution is 8.02. The summed E-state index contributed by atoms with van der Waals surface area (Å²) in [5, 5.41) is 3.09. The summed E-state index contributed by atoms with van der Waals surface area (Å²) in [5.41, 5.74) is 3.65. The molecule has 3 aromatic rings. The van der Waals surface area contributed by atoms with E-state index in [1.165, 1.54) is 15.8 Å². The summed E-state index contributed by atoms with van der Waals surface area (Å²) >= 11 is 3.19. The summed E-state index contributed by atoms with van der Waals surface area (Å²) in [6.07, 6.45) is 3.25. The summed E-state index contributed by atoms with van der Waals surface area (Å²) < 4.78 is 2.12. The van der Waals surface area contributed by atoms with E-state index in [9.17, 15) is 4.79 Å². The van der Waals surface area contributed by atoms with Crippen molar-refractivity contribution in [3.8, 4) is 0 Å². The number of thiazole rings is 1. The molecule has 3 nitrogen and oxygen atoms in total. The van der Waals surface area contributed by atoms with E-state index in [1.807, 2.05) is 25.1 Å². The van der Waals surface area contributed by atoms with Crippen LogP contribution in [0.5, 0.6) is 0 Å². The van der Waals surface area contributed by atoms with Crippen molar-refractivity contribution in [3.05, 3.63) is 59.7 Å². The number of hydrogen-bond acceptors (Lipinski definition) is 4. The minimum Gasteiger partial charge on any atom is -0.348 e. The zero-order valence-corrected chi connectivity index (χ0v) is 15.7. The summed E-state index contributed by atoms with van der Waals surface area (Å²) in [7, 11) is 0. The normalized spacial score (nSPS) is 17.9. The molecule has 1 heterocycles. The summed E-state index contributed by atoms with van der Waals surface area (Å²) in [6.45, 7) is 1.96. The van der Waals surface area contributed by atoms with E-state index in [4.69, 9.17) is 0 Å². The number of thioether (sulfide) groups is 1. The van der Waals surface area contributed by atoms with Gasteiger partial charge in [0, 0.05) is 0 Å². The lowest BCUT2D eigenvalue weighted by molar-refractivity contribution is -0.121. The lowest BCUT2D eigenvalue weighted by Crippen LogP contribution is -2.35. The molecule has 0 bridgehead atoms. The fourth-order valence-corrected chi connectivity index (χ4v) is 5.52. The third-order valence-corrected chi connectivity index (χ3v) is 6.84. The highest BCUT2D eigenvalue weighted by Crippen LogP contribution is 2.33. The van der Waals surface area contributed by atoms with E-state index < -0.39 is 0 Å². The smallest absolute Gasteiger partial charge is 0.233 e. The standard InChI is InChI=1S/C20H20N2OS2/c1-13(24-20-22-17-10-4-5-12-18(17)25-20)19(23)21-16-11-6-8-14-7-2-3-9-15(14)16/h2-5,7,9-10,12-13,16H,6,8,11H2,1H3,(H,21,23)/t13-,16-/m1/s1. The van der Waals surface area contributed by atoms with Crippen LogP contribution in [0.15, 0.2) is 52.9 Å². The van der Waals surface area contributed by atoms with Gasteiger partial charge < -0.3 is 5.32 Å². The number of nitrogens with one attached hydrogen (secondary N) is 1.